The Morgan fingerprint density at radius 1 is 1.24 bits per heavy atom. The second-order valence-corrected chi connectivity index (χ2v) is 6.61. The van der Waals surface area contributed by atoms with Crippen LogP contribution in [0.1, 0.15) is 30.6 Å². The van der Waals surface area contributed by atoms with Crippen molar-refractivity contribution in [2.45, 2.75) is 25.8 Å². The van der Waals surface area contributed by atoms with Crippen LogP contribution in [0.4, 0.5) is 4.39 Å². The van der Waals surface area contributed by atoms with Crippen molar-refractivity contribution in [2.75, 3.05) is 6.54 Å². The third-order valence-corrected chi connectivity index (χ3v) is 4.34. The molecule has 2 aromatic rings. The van der Waals surface area contributed by atoms with E-state index in [9.17, 15) is 4.39 Å². The third kappa shape index (κ3) is 4.87. The second-order valence-electron chi connectivity index (χ2n) is 4.84. The van der Waals surface area contributed by atoms with Crippen molar-refractivity contribution < 1.29 is 4.39 Å². The number of rotatable bonds is 6. The molecular formula is C16H17Br2FN2. The topological polar surface area (TPSA) is 24.9 Å². The summed E-state index contributed by atoms with van der Waals surface area (Å²) in [6, 6.07) is 8.92. The number of hydrogen-bond donors (Lipinski definition) is 1. The Kier molecular flexibility index (Phi) is 6.33. The standard InChI is InChI=1S/C16H17Br2FN2/c1-2-7-20-16(9-13-5-3-11(17)10-21-13)14-6-4-12(19)8-15(14)18/h3-6,8,10,16,20H,2,7,9H2,1H3. The van der Waals surface area contributed by atoms with E-state index in [1.807, 2.05) is 18.2 Å². The van der Waals surface area contributed by atoms with Crippen LogP contribution in [0.15, 0.2) is 45.5 Å². The minimum Gasteiger partial charge on any atom is -0.310 e. The molecule has 0 bridgehead atoms. The molecule has 1 N–H and O–H groups in total. The van der Waals surface area contributed by atoms with E-state index in [1.54, 1.807) is 6.20 Å². The van der Waals surface area contributed by atoms with Crippen LogP contribution >= 0.6 is 31.9 Å². The molecule has 1 unspecified atom stereocenters. The van der Waals surface area contributed by atoms with Gasteiger partial charge in [0.05, 0.1) is 0 Å². The molecule has 0 aliphatic rings. The van der Waals surface area contributed by atoms with Crippen LogP contribution < -0.4 is 5.32 Å². The van der Waals surface area contributed by atoms with Crippen molar-refractivity contribution in [1.82, 2.24) is 10.3 Å². The summed E-state index contributed by atoms with van der Waals surface area (Å²) in [5, 5.41) is 3.50. The molecule has 2 rings (SSSR count). The number of nitrogens with zero attached hydrogens (tertiary/aromatic N) is 1. The van der Waals surface area contributed by atoms with Crippen LogP contribution in [0.3, 0.4) is 0 Å². The average molecular weight is 416 g/mol. The minimum atomic E-state index is -0.235. The molecule has 0 amide bonds. The van der Waals surface area contributed by atoms with Crippen LogP contribution in [0.25, 0.3) is 0 Å². The van der Waals surface area contributed by atoms with Crippen LogP contribution in [-0.4, -0.2) is 11.5 Å². The molecule has 1 aromatic carbocycles. The summed E-state index contributed by atoms with van der Waals surface area (Å²) < 4.78 is 15.0. The molecule has 112 valence electrons. The molecular weight excluding hydrogens is 399 g/mol. The van der Waals surface area contributed by atoms with E-state index >= 15 is 0 Å². The summed E-state index contributed by atoms with van der Waals surface area (Å²) in [7, 11) is 0. The molecule has 1 aromatic heterocycles. The number of aromatic nitrogens is 1. The zero-order valence-corrected chi connectivity index (χ0v) is 14.9. The highest BCUT2D eigenvalue weighted by Crippen LogP contribution is 2.27. The normalized spacial score (nSPS) is 12.4. The van der Waals surface area contributed by atoms with Gasteiger partial charge >= 0.3 is 0 Å². The summed E-state index contributed by atoms with van der Waals surface area (Å²) in [5.74, 6) is -0.235. The molecule has 0 aliphatic carbocycles. The lowest BCUT2D eigenvalue weighted by atomic mass is 10.0. The molecule has 1 heterocycles. The summed E-state index contributed by atoms with van der Waals surface area (Å²) >= 11 is 6.85. The summed E-state index contributed by atoms with van der Waals surface area (Å²) in [6.07, 6.45) is 3.60. The van der Waals surface area contributed by atoms with Crippen LogP contribution in [-0.2, 0) is 6.42 Å². The van der Waals surface area contributed by atoms with Gasteiger partial charge in [0, 0.05) is 33.3 Å². The highest BCUT2D eigenvalue weighted by atomic mass is 79.9. The Morgan fingerprint density at radius 2 is 2.05 bits per heavy atom. The van der Waals surface area contributed by atoms with Crippen molar-refractivity contribution >= 4 is 31.9 Å². The van der Waals surface area contributed by atoms with Gasteiger partial charge < -0.3 is 5.32 Å². The lowest BCUT2D eigenvalue weighted by Crippen LogP contribution is -2.24. The van der Waals surface area contributed by atoms with Crippen LogP contribution in [0.2, 0.25) is 0 Å². The fraction of sp³-hybridized carbons (Fsp3) is 0.312. The van der Waals surface area contributed by atoms with Gasteiger partial charge in [-0.2, -0.15) is 0 Å². The molecule has 0 saturated carbocycles. The average Bonchev–Trinajstić information content (AvgIpc) is 2.46. The van der Waals surface area contributed by atoms with E-state index in [1.165, 1.54) is 12.1 Å². The number of halogens is 3. The molecule has 0 radical (unpaired) electrons. The Bertz CT molecular complexity index is 587. The van der Waals surface area contributed by atoms with Crippen molar-refractivity contribution in [3.8, 4) is 0 Å². The molecule has 0 aliphatic heterocycles. The minimum absolute atomic E-state index is 0.105. The van der Waals surface area contributed by atoms with Crippen molar-refractivity contribution in [1.29, 1.82) is 0 Å². The van der Waals surface area contributed by atoms with Gasteiger partial charge in [-0.15, -0.1) is 0 Å². The fourth-order valence-electron chi connectivity index (χ4n) is 2.13. The maximum absolute atomic E-state index is 13.3. The van der Waals surface area contributed by atoms with E-state index in [4.69, 9.17) is 0 Å². The monoisotopic (exact) mass is 414 g/mol. The van der Waals surface area contributed by atoms with Crippen molar-refractivity contribution in [3.05, 3.63) is 62.5 Å². The van der Waals surface area contributed by atoms with E-state index < -0.39 is 0 Å². The number of hydrogen-bond acceptors (Lipinski definition) is 2. The summed E-state index contributed by atoms with van der Waals surface area (Å²) in [5.41, 5.74) is 2.05. The van der Waals surface area contributed by atoms with Crippen molar-refractivity contribution in [3.63, 3.8) is 0 Å². The molecule has 21 heavy (non-hydrogen) atoms. The SMILES string of the molecule is CCCNC(Cc1ccc(Br)cn1)c1ccc(F)cc1Br. The molecule has 0 spiro atoms. The first-order chi connectivity index (χ1) is 10.1. The van der Waals surface area contributed by atoms with Gasteiger partial charge in [-0.25, -0.2) is 4.39 Å². The van der Waals surface area contributed by atoms with Gasteiger partial charge in [-0.3, -0.25) is 4.98 Å². The maximum Gasteiger partial charge on any atom is 0.124 e. The highest BCUT2D eigenvalue weighted by Gasteiger charge is 2.15. The predicted molar refractivity (Wildman–Crippen MR) is 90.8 cm³/mol. The fourth-order valence-corrected chi connectivity index (χ4v) is 2.99. The first-order valence-electron chi connectivity index (χ1n) is 6.89. The van der Waals surface area contributed by atoms with Crippen LogP contribution in [0, 0.1) is 5.82 Å². The Labute approximate surface area is 141 Å². The first-order valence-corrected chi connectivity index (χ1v) is 8.47. The summed E-state index contributed by atoms with van der Waals surface area (Å²) in [4.78, 5) is 4.42. The Balaban J connectivity index is 2.22. The van der Waals surface area contributed by atoms with Gasteiger partial charge in [0.2, 0.25) is 0 Å². The van der Waals surface area contributed by atoms with Gasteiger partial charge in [0.15, 0.2) is 0 Å². The maximum atomic E-state index is 13.3. The van der Waals surface area contributed by atoms with Gasteiger partial charge in [-0.05, 0) is 58.7 Å². The van der Waals surface area contributed by atoms with Gasteiger partial charge in [-0.1, -0.05) is 28.9 Å². The Morgan fingerprint density at radius 3 is 2.67 bits per heavy atom. The number of benzene rings is 1. The molecule has 5 heteroatoms. The quantitative estimate of drug-likeness (QED) is 0.715. The number of pyridine rings is 1. The zero-order chi connectivity index (χ0) is 15.2. The van der Waals surface area contributed by atoms with Crippen LogP contribution in [0.5, 0.6) is 0 Å². The lowest BCUT2D eigenvalue weighted by Gasteiger charge is -2.20. The number of nitrogens with one attached hydrogen (secondary N) is 1. The largest absolute Gasteiger partial charge is 0.310 e. The lowest BCUT2D eigenvalue weighted by molar-refractivity contribution is 0.521. The van der Waals surface area contributed by atoms with Gasteiger partial charge in [0.25, 0.3) is 0 Å². The smallest absolute Gasteiger partial charge is 0.124 e. The first kappa shape index (κ1) is 16.6. The zero-order valence-electron chi connectivity index (χ0n) is 11.7. The molecule has 0 saturated heterocycles. The van der Waals surface area contributed by atoms with E-state index in [0.717, 1.165) is 39.6 Å². The molecule has 2 nitrogen and oxygen atoms in total. The van der Waals surface area contributed by atoms with E-state index in [2.05, 4.69) is 49.1 Å². The van der Waals surface area contributed by atoms with Gasteiger partial charge in [0.1, 0.15) is 5.82 Å². The Hall–Kier alpha value is -0.780. The summed E-state index contributed by atoms with van der Waals surface area (Å²) in [6.45, 7) is 3.03. The molecule has 1 atom stereocenters. The predicted octanol–water partition coefficient (Wildman–Crippen LogP) is 5.03. The van der Waals surface area contributed by atoms with E-state index in [-0.39, 0.29) is 11.9 Å². The molecule has 0 fully saturated rings. The highest BCUT2D eigenvalue weighted by molar-refractivity contribution is 9.10. The van der Waals surface area contributed by atoms with Crippen molar-refractivity contribution in [2.24, 2.45) is 0 Å². The third-order valence-electron chi connectivity index (χ3n) is 3.18. The second kappa shape index (κ2) is 8.01. The van der Waals surface area contributed by atoms with E-state index in [0.29, 0.717) is 0 Å².